The van der Waals surface area contributed by atoms with Crippen molar-refractivity contribution in [3.8, 4) is 0 Å². The maximum Gasteiger partial charge on any atom is 0.226 e. The van der Waals surface area contributed by atoms with E-state index in [1.165, 1.54) is 10.9 Å². The molecule has 27 heavy (non-hydrogen) atoms. The number of hydrogen-bond acceptors (Lipinski definition) is 5. The summed E-state index contributed by atoms with van der Waals surface area (Å²) in [6.07, 6.45) is 2.14. The summed E-state index contributed by atoms with van der Waals surface area (Å²) in [5.41, 5.74) is 0.162. The maximum atomic E-state index is 13.9. The van der Waals surface area contributed by atoms with Crippen LogP contribution in [0.4, 0.5) is 10.1 Å². The van der Waals surface area contributed by atoms with E-state index in [0.717, 1.165) is 24.5 Å². The van der Waals surface area contributed by atoms with Gasteiger partial charge in [-0.15, -0.1) is 0 Å². The lowest BCUT2D eigenvalue weighted by Gasteiger charge is -2.10. The number of fused-ring (bicyclic) bond motifs is 1. The van der Waals surface area contributed by atoms with Gasteiger partial charge in [0.05, 0.1) is 28.8 Å². The fraction of sp³-hybridized carbons (Fsp3) is 0.167. The van der Waals surface area contributed by atoms with Gasteiger partial charge in [0, 0.05) is 18.1 Å². The Hall–Kier alpha value is -3.07. The van der Waals surface area contributed by atoms with Gasteiger partial charge in [-0.1, -0.05) is 12.1 Å². The van der Waals surface area contributed by atoms with E-state index in [9.17, 15) is 22.4 Å². The van der Waals surface area contributed by atoms with E-state index in [-0.39, 0.29) is 29.0 Å². The highest BCUT2D eigenvalue weighted by Gasteiger charge is 2.13. The molecule has 9 heteroatoms. The molecular weight excluding hydrogens is 373 g/mol. The number of nitrogens with one attached hydrogen (secondary N) is 1. The molecule has 0 radical (unpaired) electrons. The number of amides is 1. The first kappa shape index (κ1) is 18.7. The number of aromatic nitrogens is 2. The van der Waals surface area contributed by atoms with Crippen molar-refractivity contribution < 1.29 is 17.6 Å². The van der Waals surface area contributed by atoms with Gasteiger partial charge in [0.15, 0.2) is 9.84 Å². The molecule has 7 nitrogen and oxygen atoms in total. The van der Waals surface area contributed by atoms with E-state index in [2.05, 4.69) is 10.4 Å². The van der Waals surface area contributed by atoms with Gasteiger partial charge < -0.3 is 5.32 Å². The predicted octanol–water partition coefficient (Wildman–Crippen LogP) is 1.97. The molecule has 0 atom stereocenters. The van der Waals surface area contributed by atoms with Gasteiger partial charge in [-0.05, 0) is 30.3 Å². The van der Waals surface area contributed by atoms with E-state index in [4.69, 9.17) is 0 Å². The molecule has 0 unspecified atom stereocenters. The molecule has 1 aromatic heterocycles. The summed E-state index contributed by atoms with van der Waals surface area (Å²) in [5.74, 6) is -1.24. The standard InChI is InChI=1S/C18H16FN3O4S/c1-27(25,26)12-6-7-14(19)15(10-12)21-18(24)8-9-22-16-5-3-2-4-13(16)17(23)11-20-22/h2-7,10-11H,8-9H2,1H3,(H,21,24). The molecule has 3 rings (SSSR count). The van der Waals surface area contributed by atoms with Crippen molar-refractivity contribution >= 4 is 32.3 Å². The third-order valence-corrected chi connectivity index (χ3v) is 5.06. The Morgan fingerprint density at radius 2 is 1.96 bits per heavy atom. The third-order valence-electron chi connectivity index (χ3n) is 3.95. The summed E-state index contributed by atoms with van der Waals surface area (Å²) >= 11 is 0. The summed E-state index contributed by atoms with van der Waals surface area (Å²) in [6.45, 7) is 0.167. The number of carbonyl (C=O) groups excluding carboxylic acids is 1. The van der Waals surface area contributed by atoms with Gasteiger partial charge in [-0.25, -0.2) is 12.8 Å². The van der Waals surface area contributed by atoms with Gasteiger partial charge in [-0.3, -0.25) is 14.3 Å². The van der Waals surface area contributed by atoms with Crippen LogP contribution in [0.25, 0.3) is 10.9 Å². The number of halogens is 1. The SMILES string of the molecule is CS(=O)(=O)c1ccc(F)c(NC(=O)CCn2ncc(=O)c3ccccc32)c1. The Morgan fingerprint density at radius 1 is 1.22 bits per heavy atom. The Labute approximate surface area is 154 Å². The zero-order valence-electron chi connectivity index (χ0n) is 14.3. The number of benzene rings is 2. The molecule has 0 aliphatic carbocycles. The van der Waals surface area contributed by atoms with Crippen LogP contribution in [0.3, 0.4) is 0 Å². The quantitative estimate of drug-likeness (QED) is 0.673. The minimum absolute atomic E-state index is 0.0393. The van der Waals surface area contributed by atoms with E-state index < -0.39 is 21.6 Å². The highest BCUT2D eigenvalue weighted by atomic mass is 32.2. The van der Waals surface area contributed by atoms with Crippen LogP contribution < -0.4 is 10.7 Å². The van der Waals surface area contributed by atoms with Crippen molar-refractivity contribution in [3.05, 3.63) is 64.7 Å². The molecule has 1 heterocycles. The molecule has 0 aliphatic heterocycles. The second kappa shape index (κ2) is 7.28. The fourth-order valence-corrected chi connectivity index (χ4v) is 3.24. The molecule has 3 aromatic rings. The average Bonchev–Trinajstić information content (AvgIpc) is 2.62. The van der Waals surface area contributed by atoms with Crippen molar-refractivity contribution in [2.24, 2.45) is 0 Å². The van der Waals surface area contributed by atoms with Crippen LogP contribution in [0.1, 0.15) is 6.42 Å². The van der Waals surface area contributed by atoms with Crippen molar-refractivity contribution in [1.29, 1.82) is 0 Å². The van der Waals surface area contributed by atoms with Crippen LogP contribution in [0.5, 0.6) is 0 Å². The van der Waals surface area contributed by atoms with Gasteiger partial charge in [0.2, 0.25) is 11.3 Å². The summed E-state index contributed by atoms with van der Waals surface area (Å²) in [7, 11) is -3.52. The lowest BCUT2D eigenvalue weighted by Crippen LogP contribution is -2.18. The van der Waals surface area contributed by atoms with E-state index in [0.29, 0.717) is 10.9 Å². The first-order chi connectivity index (χ1) is 12.8. The average molecular weight is 389 g/mol. The summed E-state index contributed by atoms with van der Waals surface area (Å²) in [6, 6.07) is 10.1. The molecule has 0 aliphatic rings. The second-order valence-electron chi connectivity index (χ2n) is 5.96. The maximum absolute atomic E-state index is 13.9. The van der Waals surface area contributed by atoms with Crippen molar-refractivity contribution in [2.75, 3.05) is 11.6 Å². The van der Waals surface area contributed by atoms with Crippen LogP contribution >= 0.6 is 0 Å². The fourth-order valence-electron chi connectivity index (χ4n) is 2.59. The topological polar surface area (TPSA) is 98.1 Å². The molecule has 0 saturated carbocycles. The Morgan fingerprint density at radius 3 is 2.70 bits per heavy atom. The minimum Gasteiger partial charge on any atom is -0.324 e. The number of aryl methyl sites for hydroxylation is 1. The smallest absolute Gasteiger partial charge is 0.226 e. The summed E-state index contributed by atoms with van der Waals surface area (Å²) in [4.78, 5) is 23.9. The number of carbonyl (C=O) groups is 1. The van der Waals surface area contributed by atoms with E-state index in [1.807, 2.05) is 0 Å². The summed E-state index contributed by atoms with van der Waals surface area (Å²) in [5, 5.41) is 6.88. The second-order valence-corrected chi connectivity index (χ2v) is 7.98. The van der Waals surface area contributed by atoms with Gasteiger partial charge >= 0.3 is 0 Å². The lowest BCUT2D eigenvalue weighted by molar-refractivity contribution is -0.116. The van der Waals surface area contributed by atoms with Gasteiger partial charge in [-0.2, -0.15) is 5.10 Å². The first-order valence-corrected chi connectivity index (χ1v) is 9.89. The third kappa shape index (κ3) is 4.20. The van der Waals surface area contributed by atoms with Gasteiger partial charge in [0.25, 0.3) is 0 Å². The van der Waals surface area contributed by atoms with E-state index in [1.54, 1.807) is 24.3 Å². The molecule has 0 spiro atoms. The highest BCUT2D eigenvalue weighted by Crippen LogP contribution is 2.20. The predicted molar refractivity (Wildman–Crippen MR) is 98.8 cm³/mol. The molecule has 0 bridgehead atoms. The van der Waals surface area contributed by atoms with Crippen molar-refractivity contribution in [1.82, 2.24) is 9.78 Å². The van der Waals surface area contributed by atoms with Crippen LogP contribution in [0, 0.1) is 5.82 Å². The molecular formula is C18H16FN3O4S. The molecule has 1 amide bonds. The lowest BCUT2D eigenvalue weighted by atomic mass is 10.2. The number of rotatable bonds is 5. The van der Waals surface area contributed by atoms with Crippen LogP contribution in [0.2, 0.25) is 0 Å². The molecule has 140 valence electrons. The normalized spacial score (nSPS) is 11.5. The van der Waals surface area contributed by atoms with Gasteiger partial charge in [0.1, 0.15) is 5.82 Å². The van der Waals surface area contributed by atoms with Crippen LogP contribution in [0.15, 0.2) is 58.4 Å². The molecule has 0 saturated heterocycles. The monoisotopic (exact) mass is 389 g/mol. The number of nitrogens with zero attached hydrogens (tertiary/aromatic N) is 2. The minimum atomic E-state index is -3.52. The van der Waals surface area contributed by atoms with Crippen molar-refractivity contribution in [3.63, 3.8) is 0 Å². The van der Waals surface area contributed by atoms with E-state index >= 15 is 0 Å². The zero-order chi connectivity index (χ0) is 19.6. The van der Waals surface area contributed by atoms with Crippen LogP contribution in [-0.4, -0.2) is 30.4 Å². The summed E-state index contributed by atoms with van der Waals surface area (Å²) < 4.78 is 38.5. The Kier molecular flexibility index (Phi) is 5.04. The van der Waals surface area contributed by atoms with Crippen LogP contribution in [-0.2, 0) is 21.2 Å². The molecule has 0 fully saturated rings. The molecule has 2 aromatic carbocycles. The largest absolute Gasteiger partial charge is 0.324 e. The number of hydrogen-bond donors (Lipinski definition) is 1. The highest BCUT2D eigenvalue weighted by molar-refractivity contribution is 7.90. The Balaban J connectivity index is 1.77. The van der Waals surface area contributed by atoms with Crippen molar-refractivity contribution in [2.45, 2.75) is 17.9 Å². The molecule has 1 N–H and O–H groups in total. The number of para-hydroxylation sites is 1. The Bertz CT molecular complexity index is 1190. The number of sulfone groups is 1. The number of anilines is 1. The first-order valence-electron chi connectivity index (χ1n) is 8.00. The zero-order valence-corrected chi connectivity index (χ0v) is 15.2.